The van der Waals surface area contributed by atoms with Gasteiger partial charge in [0.2, 0.25) is 0 Å². The summed E-state index contributed by atoms with van der Waals surface area (Å²) in [7, 11) is 7.04. The van der Waals surface area contributed by atoms with E-state index in [0.717, 1.165) is 33.3 Å². The van der Waals surface area contributed by atoms with Gasteiger partial charge in [-0.2, -0.15) is 0 Å². The maximum absolute atomic E-state index is 11.7. The van der Waals surface area contributed by atoms with Gasteiger partial charge in [0.25, 0.3) is 0 Å². The maximum atomic E-state index is 11.7. The van der Waals surface area contributed by atoms with Gasteiger partial charge in [0.15, 0.2) is 0 Å². The highest BCUT2D eigenvalue weighted by Crippen LogP contribution is 2.28. The fourth-order valence-corrected chi connectivity index (χ4v) is 2.91. The Morgan fingerprint density at radius 1 is 0.605 bits per heavy atom. The van der Waals surface area contributed by atoms with Crippen molar-refractivity contribution in [1.29, 1.82) is 0 Å². The van der Waals surface area contributed by atoms with Gasteiger partial charge in [-0.25, -0.2) is 19.2 Å². The van der Waals surface area contributed by atoms with Crippen LogP contribution in [-0.4, -0.2) is 119 Å². The molecule has 2 rings (SSSR count). The predicted octanol–water partition coefficient (Wildman–Crippen LogP) is -1.90. The Bertz CT molecular complexity index is 860. The number of carbonyl (C=O) groups is 8. The Kier molecular flexibility index (Phi) is 16.9. The van der Waals surface area contributed by atoms with Crippen LogP contribution < -0.4 is 5.32 Å². The van der Waals surface area contributed by atoms with Crippen molar-refractivity contribution in [3.63, 3.8) is 0 Å². The van der Waals surface area contributed by atoms with Crippen molar-refractivity contribution in [3.05, 3.63) is 0 Å². The Morgan fingerprint density at radius 2 is 0.947 bits per heavy atom. The number of esters is 6. The van der Waals surface area contributed by atoms with E-state index in [1.165, 1.54) is 14.2 Å². The van der Waals surface area contributed by atoms with Crippen LogP contribution in [0.15, 0.2) is 0 Å². The molecule has 1 N–H and O–H groups in total. The smallest absolute Gasteiger partial charge is 0.396 e. The van der Waals surface area contributed by atoms with E-state index in [1.54, 1.807) is 0 Å². The summed E-state index contributed by atoms with van der Waals surface area (Å²) in [6, 6.07) is -2.63. The number of halogens is 1. The van der Waals surface area contributed by atoms with Crippen LogP contribution in [0.2, 0.25) is 0 Å². The number of methoxy groups -OCH3 is 6. The predicted molar refractivity (Wildman–Crippen MR) is 124 cm³/mol. The molecule has 2 heterocycles. The second kappa shape index (κ2) is 17.6. The molecule has 0 aliphatic carbocycles. The number of nitrogens with zero attached hydrogens (tertiary/aromatic N) is 1. The van der Waals surface area contributed by atoms with Gasteiger partial charge in [0.05, 0.1) is 42.7 Å². The minimum Gasteiger partial charge on any atom is -0.468 e. The van der Waals surface area contributed by atoms with Crippen LogP contribution in [-0.2, 0) is 66.8 Å². The van der Waals surface area contributed by atoms with Crippen LogP contribution >= 0.6 is 11.6 Å². The van der Waals surface area contributed by atoms with E-state index in [0.29, 0.717) is 6.42 Å². The van der Waals surface area contributed by atoms with E-state index < -0.39 is 47.1 Å². The molecule has 0 unspecified atom stereocenters. The third kappa shape index (κ3) is 9.93. The molecule has 0 aromatic heterocycles. The number of ether oxygens (including phenoxy) is 6. The van der Waals surface area contributed by atoms with Gasteiger partial charge in [-0.05, 0) is 18.0 Å². The molecule has 38 heavy (non-hydrogen) atoms. The maximum Gasteiger partial charge on any atom is 0.396 e. The molecule has 2 saturated heterocycles. The summed E-state index contributed by atoms with van der Waals surface area (Å²) in [5.41, 5.74) is 0. The molecule has 0 bridgehead atoms. The number of carbonyl (C=O) groups excluding carboxylic acids is 8. The van der Waals surface area contributed by atoms with Crippen molar-refractivity contribution in [1.82, 2.24) is 10.2 Å². The van der Waals surface area contributed by atoms with Gasteiger partial charge in [-0.1, -0.05) is 7.43 Å². The molecular weight excluding hydrogens is 540 g/mol. The number of hydrogen-bond donors (Lipinski definition) is 1. The van der Waals surface area contributed by atoms with Crippen LogP contribution in [0.25, 0.3) is 0 Å². The highest BCUT2D eigenvalue weighted by molar-refractivity contribution is 6.80. The third-order valence-electron chi connectivity index (χ3n) is 4.85. The standard InChI is InChI=1S/C10H13NO7.C7H11NO4.C3H3ClO3.CH4/c1-16-8(13)5-4-6(9(14)17-2)11(5)7(12)10(15)18-3;1-11-6(9)4-3-5(8-4)7(10)12-2;1-7-3(6)2(4)5;/h5-6H,4H2,1-3H3;4-5,8H,3H2,1-2H3;1H3;1H4/t5-,6-;4-,5-;;/m11../s1. The number of nitrogens with one attached hydrogen (secondary N) is 1. The number of hydrogen-bond acceptors (Lipinski definition) is 15. The van der Waals surface area contributed by atoms with E-state index in [4.69, 9.17) is 0 Å². The quantitative estimate of drug-likeness (QED) is 0.166. The SMILES string of the molecule is C.COC(=O)C(=O)Cl.COC(=O)C(=O)N1[C@@H](C(=O)OC)C[C@@H]1C(=O)OC.COC(=O)[C@H]1C[C@H](C(=O)OC)N1. The normalized spacial score (nSPS) is 20.2. The molecule has 16 nitrogen and oxygen atoms in total. The van der Waals surface area contributed by atoms with Crippen LogP contribution in [0.1, 0.15) is 20.3 Å². The summed E-state index contributed by atoms with van der Waals surface area (Å²) in [4.78, 5) is 87.4. The Hall–Kier alpha value is -3.79. The lowest BCUT2D eigenvalue weighted by Crippen LogP contribution is -2.66. The topological polar surface area (TPSA) is 207 Å². The van der Waals surface area contributed by atoms with Crippen molar-refractivity contribution < 1.29 is 66.8 Å². The van der Waals surface area contributed by atoms with E-state index in [2.05, 4.69) is 45.3 Å². The summed E-state index contributed by atoms with van der Waals surface area (Å²) >= 11 is 4.61. The van der Waals surface area contributed by atoms with Crippen molar-refractivity contribution in [2.45, 2.75) is 44.4 Å². The third-order valence-corrected chi connectivity index (χ3v) is 5.00. The van der Waals surface area contributed by atoms with Crippen molar-refractivity contribution in [3.8, 4) is 0 Å². The number of amides is 1. The molecule has 1 amide bonds. The van der Waals surface area contributed by atoms with E-state index in [1.807, 2.05) is 0 Å². The highest BCUT2D eigenvalue weighted by atomic mass is 35.5. The lowest BCUT2D eigenvalue weighted by Gasteiger charge is -2.43. The lowest BCUT2D eigenvalue weighted by molar-refractivity contribution is -0.180. The monoisotopic (exact) mass is 570 g/mol. The number of rotatable bonds is 5. The van der Waals surface area contributed by atoms with Crippen LogP contribution in [0.3, 0.4) is 0 Å². The molecule has 2 fully saturated rings. The molecule has 0 radical (unpaired) electrons. The van der Waals surface area contributed by atoms with Crippen molar-refractivity contribution >= 4 is 58.6 Å². The summed E-state index contributed by atoms with van der Waals surface area (Å²) in [5, 5.41) is 1.64. The first-order valence-electron chi connectivity index (χ1n) is 10.1. The van der Waals surface area contributed by atoms with E-state index in [9.17, 15) is 38.4 Å². The Balaban J connectivity index is 0. The molecular formula is C21H31ClN2O14. The average Bonchev–Trinajstić information content (AvgIpc) is 2.85. The van der Waals surface area contributed by atoms with Gasteiger partial charge in [-0.3, -0.25) is 24.5 Å². The van der Waals surface area contributed by atoms with Gasteiger partial charge in [0.1, 0.15) is 24.2 Å². The van der Waals surface area contributed by atoms with E-state index >= 15 is 0 Å². The lowest BCUT2D eigenvalue weighted by atomic mass is 9.92. The molecule has 17 heteroatoms. The van der Waals surface area contributed by atoms with Gasteiger partial charge >= 0.3 is 47.0 Å². The Morgan fingerprint density at radius 3 is 1.18 bits per heavy atom. The minimum absolute atomic E-state index is 0. The zero-order chi connectivity index (χ0) is 28.9. The first kappa shape index (κ1) is 36.4. The van der Waals surface area contributed by atoms with Gasteiger partial charge in [0, 0.05) is 6.42 Å². The molecule has 0 saturated carbocycles. The second-order valence-electron chi connectivity index (χ2n) is 6.84. The molecule has 216 valence electrons. The number of likely N-dealkylation sites (tertiary alicyclic amines) is 1. The van der Waals surface area contributed by atoms with Gasteiger partial charge in [-0.15, -0.1) is 0 Å². The van der Waals surface area contributed by atoms with Crippen LogP contribution in [0.5, 0.6) is 0 Å². The summed E-state index contributed by atoms with van der Waals surface area (Å²) < 4.78 is 26.0. The van der Waals surface area contributed by atoms with Crippen LogP contribution in [0.4, 0.5) is 0 Å². The Labute approximate surface area is 223 Å². The molecule has 0 aromatic carbocycles. The molecule has 0 aromatic rings. The zero-order valence-electron chi connectivity index (χ0n) is 20.8. The second-order valence-corrected chi connectivity index (χ2v) is 7.18. The van der Waals surface area contributed by atoms with Gasteiger partial charge < -0.3 is 33.3 Å². The zero-order valence-corrected chi connectivity index (χ0v) is 21.5. The molecule has 2 aliphatic heterocycles. The fourth-order valence-electron chi connectivity index (χ4n) is 2.83. The highest BCUT2D eigenvalue weighted by Gasteiger charge is 2.52. The van der Waals surface area contributed by atoms with Crippen molar-refractivity contribution in [2.75, 3.05) is 42.7 Å². The summed E-state index contributed by atoms with van der Waals surface area (Å²) in [6.45, 7) is 0. The largest absolute Gasteiger partial charge is 0.468 e. The minimum atomic E-state index is -1.16. The average molecular weight is 571 g/mol. The van der Waals surface area contributed by atoms with Crippen LogP contribution in [0, 0.1) is 0 Å². The van der Waals surface area contributed by atoms with Crippen molar-refractivity contribution in [2.24, 2.45) is 0 Å². The summed E-state index contributed by atoms with van der Waals surface area (Å²) in [5.74, 6) is -5.33. The first-order valence-corrected chi connectivity index (χ1v) is 10.5. The summed E-state index contributed by atoms with van der Waals surface area (Å²) in [6.07, 6.45) is 0.515. The molecule has 4 atom stereocenters. The molecule has 0 spiro atoms. The van der Waals surface area contributed by atoms with E-state index in [-0.39, 0.29) is 37.9 Å². The molecule has 2 aliphatic rings. The first-order chi connectivity index (χ1) is 17.3. The fraction of sp³-hybridized carbons (Fsp3) is 0.619.